The second kappa shape index (κ2) is 7.23. The lowest BCUT2D eigenvalue weighted by molar-refractivity contribution is -0.116. The second-order valence-electron chi connectivity index (χ2n) is 5.33. The van der Waals surface area contributed by atoms with Gasteiger partial charge in [0.25, 0.3) is 5.91 Å². The Kier molecular flexibility index (Phi) is 4.85. The highest BCUT2D eigenvalue weighted by molar-refractivity contribution is 6.31. The van der Waals surface area contributed by atoms with Crippen LogP contribution in [0.5, 0.6) is 5.75 Å². The number of amides is 2. The molecule has 0 atom stereocenters. The number of aromatic amines is 1. The van der Waals surface area contributed by atoms with Gasteiger partial charge in [0, 0.05) is 23.4 Å². The summed E-state index contributed by atoms with van der Waals surface area (Å²) in [6.07, 6.45) is 0.0417. The molecule has 128 valence electrons. The molecule has 0 fully saturated rings. The average molecular weight is 359 g/mol. The van der Waals surface area contributed by atoms with Crippen LogP contribution in [0.1, 0.15) is 16.9 Å². The van der Waals surface area contributed by atoms with Gasteiger partial charge < -0.3 is 15.7 Å². The quantitative estimate of drug-likeness (QED) is 0.526. The minimum atomic E-state index is -0.365. The molecule has 2 amide bonds. The molecule has 3 aromatic rings. The Balaban J connectivity index is 1.54. The average Bonchev–Trinajstić information content (AvgIpc) is 3.02. The minimum absolute atomic E-state index is 0.0417. The number of aromatic nitrogens is 2. The van der Waals surface area contributed by atoms with Crippen LogP contribution in [-0.2, 0) is 4.79 Å². The highest BCUT2D eigenvalue weighted by atomic mass is 35.5. The Morgan fingerprint density at radius 2 is 2.00 bits per heavy atom. The maximum Gasteiger partial charge on any atom is 0.272 e. The van der Waals surface area contributed by atoms with Crippen LogP contribution in [0.4, 0.5) is 5.69 Å². The summed E-state index contributed by atoms with van der Waals surface area (Å²) >= 11 is 5.82. The van der Waals surface area contributed by atoms with Crippen LogP contribution in [0.2, 0.25) is 5.02 Å². The number of para-hydroxylation sites is 1. The van der Waals surface area contributed by atoms with E-state index in [9.17, 15) is 14.7 Å². The van der Waals surface area contributed by atoms with E-state index in [0.717, 1.165) is 5.52 Å². The fourth-order valence-corrected chi connectivity index (χ4v) is 2.50. The van der Waals surface area contributed by atoms with Crippen molar-refractivity contribution >= 4 is 40.0 Å². The van der Waals surface area contributed by atoms with Gasteiger partial charge in [-0.1, -0.05) is 29.8 Å². The monoisotopic (exact) mass is 358 g/mol. The molecule has 0 spiro atoms. The number of hydrogen-bond donors (Lipinski definition) is 4. The number of benzene rings is 2. The highest BCUT2D eigenvalue weighted by Crippen LogP contribution is 2.26. The number of rotatable bonds is 5. The molecule has 0 saturated heterocycles. The Labute approximate surface area is 148 Å². The van der Waals surface area contributed by atoms with Crippen molar-refractivity contribution in [2.24, 2.45) is 0 Å². The van der Waals surface area contributed by atoms with Gasteiger partial charge >= 0.3 is 0 Å². The third-order valence-corrected chi connectivity index (χ3v) is 3.79. The standard InChI is InChI=1S/C17H15ClN4O3/c18-10-5-6-14(23)13(9-10)20-15(24)7-8-19-17(25)16-11-3-1-2-4-12(11)21-22-16/h1-6,9,23H,7-8H2,(H,19,25)(H,20,24)(H,21,22). The summed E-state index contributed by atoms with van der Waals surface area (Å²) in [4.78, 5) is 24.1. The molecule has 4 N–H and O–H groups in total. The van der Waals surface area contributed by atoms with Crippen LogP contribution in [-0.4, -0.2) is 33.7 Å². The first kappa shape index (κ1) is 16.8. The summed E-state index contributed by atoms with van der Waals surface area (Å²) in [7, 11) is 0. The fourth-order valence-electron chi connectivity index (χ4n) is 2.33. The van der Waals surface area contributed by atoms with Gasteiger partial charge in [0.2, 0.25) is 5.91 Å². The summed E-state index contributed by atoms with van der Waals surface area (Å²) < 4.78 is 0. The topological polar surface area (TPSA) is 107 Å². The van der Waals surface area contributed by atoms with Crippen LogP contribution in [0.15, 0.2) is 42.5 Å². The molecule has 3 rings (SSSR count). The molecule has 0 bridgehead atoms. The number of halogens is 1. The molecule has 0 aliphatic rings. The predicted molar refractivity (Wildman–Crippen MR) is 94.8 cm³/mol. The third kappa shape index (κ3) is 3.89. The number of carbonyl (C=O) groups excluding carboxylic acids is 2. The van der Waals surface area contributed by atoms with E-state index in [2.05, 4.69) is 20.8 Å². The molecule has 1 aromatic heterocycles. The zero-order valence-electron chi connectivity index (χ0n) is 13.0. The number of nitrogens with one attached hydrogen (secondary N) is 3. The van der Waals surface area contributed by atoms with E-state index in [1.807, 2.05) is 18.2 Å². The number of anilines is 1. The number of fused-ring (bicyclic) bond motifs is 1. The molecular formula is C17H15ClN4O3. The zero-order chi connectivity index (χ0) is 17.8. The molecule has 0 radical (unpaired) electrons. The van der Waals surface area contributed by atoms with Crippen LogP contribution in [0.25, 0.3) is 10.9 Å². The number of H-pyrrole nitrogens is 1. The van der Waals surface area contributed by atoms with E-state index in [4.69, 9.17) is 11.6 Å². The number of phenolic OH excluding ortho intramolecular Hbond substituents is 1. The van der Waals surface area contributed by atoms with E-state index in [1.54, 1.807) is 6.07 Å². The van der Waals surface area contributed by atoms with Gasteiger partial charge in [0.15, 0.2) is 5.69 Å². The summed E-state index contributed by atoms with van der Waals surface area (Å²) in [6.45, 7) is 0.132. The zero-order valence-corrected chi connectivity index (χ0v) is 13.8. The molecular weight excluding hydrogens is 344 g/mol. The maximum atomic E-state index is 12.2. The Bertz CT molecular complexity index is 939. The van der Waals surface area contributed by atoms with Gasteiger partial charge in [-0.2, -0.15) is 5.10 Å². The number of aromatic hydroxyl groups is 1. The van der Waals surface area contributed by atoms with Crippen LogP contribution in [0.3, 0.4) is 0 Å². The van der Waals surface area contributed by atoms with Crippen LogP contribution >= 0.6 is 11.6 Å². The number of nitrogens with zero attached hydrogens (tertiary/aromatic N) is 1. The molecule has 0 unspecified atom stereocenters. The highest BCUT2D eigenvalue weighted by Gasteiger charge is 2.14. The lowest BCUT2D eigenvalue weighted by Crippen LogP contribution is -2.28. The van der Waals surface area contributed by atoms with E-state index in [0.29, 0.717) is 10.4 Å². The Hall–Kier alpha value is -3.06. The molecule has 0 aliphatic carbocycles. The smallest absolute Gasteiger partial charge is 0.272 e. The molecule has 7 nitrogen and oxygen atoms in total. The molecule has 8 heteroatoms. The van der Waals surface area contributed by atoms with Gasteiger partial charge in [-0.05, 0) is 24.3 Å². The van der Waals surface area contributed by atoms with Gasteiger partial charge in [-0.25, -0.2) is 0 Å². The second-order valence-corrected chi connectivity index (χ2v) is 5.77. The van der Waals surface area contributed by atoms with E-state index in [1.165, 1.54) is 18.2 Å². The van der Waals surface area contributed by atoms with Crippen molar-refractivity contribution in [1.29, 1.82) is 0 Å². The number of hydrogen-bond acceptors (Lipinski definition) is 4. The van der Waals surface area contributed by atoms with Crippen molar-refractivity contribution in [3.8, 4) is 5.75 Å². The normalized spacial score (nSPS) is 10.6. The molecule has 2 aromatic carbocycles. The van der Waals surface area contributed by atoms with E-state index >= 15 is 0 Å². The Morgan fingerprint density at radius 1 is 1.20 bits per heavy atom. The summed E-state index contributed by atoms with van der Waals surface area (Å²) in [5.74, 6) is -0.801. The van der Waals surface area contributed by atoms with E-state index in [-0.39, 0.29) is 41.9 Å². The summed E-state index contributed by atoms with van der Waals surface area (Å²) in [6, 6.07) is 11.6. The van der Waals surface area contributed by atoms with Crippen molar-refractivity contribution in [1.82, 2.24) is 15.5 Å². The third-order valence-electron chi connectivity index (χ3n) is 3.56. The number of phenols is 1. The minimum Gasteiger partial charge on any atom is -0.506 e. The van der Waals surface area contributed by atoms with Gasteiger partial charge in [0.05, 0.1) is 11.2 Å². The van der Waals surface area contributed by atoms with Crippen molar-refractivity contribution < 1.29 is 14.7 Å². The van der Waals surface area contributed by atoms with Crippen molar-refractivity contribution in [3.63, 3.8) is 0 Å². The van der Waals surface area contributed by atoms with Crippen LogP contribution < -0.4 is 10.6 Å². The molecule has 0 saturated carbocycles. The maximum absolute atomic E-state index is 12.2. The SMILES string of the molecule is O=C(CCNC(=O)c1n[nH]c2ccccc12)Nc1cc(Cl)ccc1O. The number of carbonyl (C=O) groups is 2. The van der Waals surface area contributed by atoms with E-state index < -0.39 is 0 Å². The summed E-state index contributed by atoms with van der Waals surface area (Å²) in [5, 5.41) is 22.7. The molecule has 0 aliphatic heterocycles. The van der Waals surface area contributed by atoms with Crippen LogP contribution in [0, 0.1) is 0 Å². The Morgan fingerprint density at radius 3 is 2.84 bits per heavy atom. The summed E-state index contributed by atoms with van der Waals surface area (Å²) in [5.41, 5.74) is 1.27. The fraction of sp³-hybridized carbons (Fsp3) is 0.118. The largest absolute Gasteiger partial charge is 0.506 e. The predicted octanol–water partition coefficient (Wildman–Crippen LogP) is 2.68. The van der Waals surface area contributed by atoms with Gasteiger partial charge in [-0.3, -0.25) is 14.7 Å². The first-order chi connectivity index (χ1) is 12.0. The molecule has 1 heterocycles. The molecule has 25 heavy (non-hydrogen) atoms. The lowest BCUT2D eigenvalue weighted by Gasteiger charge is -2.08. The first-order valence-corrected chi connectivity index (χ1v) is 7.92. The van der Waals surface area contributed by atoms with Crippen molar-refractivity contribution in [2.45, 2.75) is 6.42 Å². The van der Waals surface area contributed by atoms with Gasteiger partial charge in [0.1, 0.15) is 5.75 Å². The lowest BCUT2D eigenvalue weighted by atomic mass is 10.2. The van der Waals surface area contributed by atoms with Gasteiger partial charge in [-0.15, -0.1) is 0 Å². The van der Waals surface area contributed by atoms with Crippen molar-refractivity contribution in [2.75, 3.05) is 11.9 Å². The first-order valence-electron chi connectivity index (χ1n) is 7.54. The van der Waals surface area contributed by atoms with Crippen molar-refractivity contribution in [3.05, 3.63) is 53.2 Å².